The molecule has 0 aliphatic heterocycles. The van der Waals surface area contributed by atoms with E-state index < -0.39 is 0 Å². The van der Waals surface area contributed by atoms with Crippen molar-refractivity contribution in [1.82, 2.24) is 15.0 Å². The van der Waals surface area contributed by atoms with E-state index in [1.807, 2.05) is 0 Å². The molecule has 6 heteroatoms. The molecular formula is C21H42N6. The SMILES string of the molecule is CCCCCCCCCC(CCCCCCCC)Nc1nc(N)nc(N)n1. The average molecular weight is 379 g/mol. The molecule has 1 heterocycles. The van der Waals surface area contributed by atoms with E-state index >= 15 is 0 Å². The standard InChI is InChI=1S/C21H42N6/c1-3-5-7-9-11-13-15-17-18(16-14-12-10-8-6-4-2)24-21-26-19(22)25-20(23)27-21/h18H,3-17H2,1-2H3,(H5,22,23,24,25,26,27). The van der Waals surface area contributed by atoms with Crippen molar-refractivity contribution in [1.29, 1.82) is 0 Å². The van der Waals surface area contributed by atoms with Crippen LogP contribution in [0.25, 0.3) is 0 Å². The maximum atomic E-state index is 5.70. The molecule has 0 spiro atoms. The maximum absolute atomic E-state index is 5.70. The third kappa shape index (κ3) is 12.4. The molecule has 5 N–H and O–H groups in total. The molecule has 0 radical (unpaired) electrons. The Balaban J connectivity index is 2.38. The summed E-state index contributed by atoms with van der Waals surface area (Å²) in [6.07, 6.45) is 19.5. The number of nitrogens with two attached hydrogens (primary N) is 2. The molecule has 0 saturated heterocycles. The second kappa shape index (κ2) is 15.5. The summed E-state index contributed by atoms with van der Waals surface area (Å²) in [5.41, 5.74) is 11.4. The van der Waals surface area contributed by atoms with Crippen LogP contribution < -0.4 is 16.8 Å². The Kier molecular flexibility index (Phi) is 13.4. The molecule has 1 aromatic rings. The first-order valence-corrected chi connectivity index (χ1v) is 11.2. The number of hydrogen-bond acceptors (Lipinski definition) is 6. The van der Waals surface area contributed by atoms with E-state index in [9.17, 15) is 0 Å². The Bertz CT molecular complexity index is 459. The van der Waals surface area contributed by atoms with Crippen molar-refractivity contribution in [2.45, 2.75) is 116 Å². The summed E-state index contributed by atoms with van der Waals surface area (Å²) < 4.78 is 0. The van der Waals surface area contributed by atoms with E-state index in [4.69, 9.17) is 11.5 Å². The lowest BCUT2D eigenvalue weighted by molar-refractivity contribution is 0.499. The van der Waals surface area contributed by atoms with Crippen molar-refractivity contribution < 1.29 is 0 Å². The van der Waals surface area contributed by atoms with Gasteiger partial charge in [0.2, 0.25) is 17.8 Å². The van der Waals surface area contributed by atoms with Crippen molar-refractivity contribution in [3.63, 3.8) is 0 Å². The van der Waals surface area contributed by atoms with Crippen molar-refractivity contribution in [3.05, 3.63) is 0 Å². The molecule has 0 fully saturated rings. The van der Waals surface area contributed by atoms with Crippen LogP contribution in [-0.4, -0.2) is 21.0 Å². The number of nitrogens with one attached hydrogen (secondary N) is 1. The zero-order chi connectivity index (χ0) is 19.7. The number of nitrogens with zero attached hydrogens (tertiary/aromatic N) is 3. The van der Waals surface area contributed by atoms with Gasteiger partial charge in [-0.05, 0) is 12.8 Å². The van der Waals surface area contributed by atoms with Crippen molar-refractivity contribution in [3.8, 4) is 0 Å². The summed E-state index contributed by atoms with van der Waals surface area (Å²) in [4.78, 5) is 12.2. The van der Waals surface area contributed by atoms with Gasteiger partial charge >= 0.3 is 0 Å². The molecule has 0 aromatic carbocycles. The fourth-order valence-corrected chi connectivity index (χ4v) is 3.46. The third-order valence-electron chi connectivity index (χ3n) is 5.07. The van der Waals surface area contributed by atoms with Crippen LogP contribution >= 0.6 is 0 Å². The number of anilines is 3. The highest BCUT2D eigenvalue weighted by atomic mass is 15.2. The Morgan fingerprint density at radius 3 is 1.48 bits per heavy atom. The molecule has 27 heavy (non-hydrogen) atoms. The molecule has 6 nitrogen and oxygen atoms in total. The van der Waals surface area contributed by atoms with Crippen LogP contribution in [0, 0.1) is 0 Å². The highest BCUT2D eigenvalue weighted by Crippen LogP contribution is 2.17. The quantitative estimate of drug-likeness (QED) is 0.300. The zero-order valence-corrected chi connectivity index (χ0v) is 17.7. The number of nitrogen functional groups attached to an aromatic ring is 2. The van der Waals surface area contributed by atoms with Gasteiger partial charge in [0.05, 0.1) is 0 Å². The van der Waals surface area contributed by atoms with Gasteiger partial charge in [-0.1, -0.05) is 97.3 Å². The first-order valence-electron chi connectivity index (χ1n) is 11.2. The van der Waals surface area contributed by atoms with Gasteiger partial charge in [0.15, 0.2) is 0 Å². The number of rotatable bonds is 17. The molecule has 1 rings (SSSR count). The summed E-state index contributed by atoms with van der Waals surface area (Å²) in [5.74, 6) is 0.873. The molecule has 0 bridgehead atoms. The largest absolute Gasteiger partial charge is 0.368 e. The molecular weight excluding hydrogens is 336 g/mol. The topological polar surface area (TPSA) is 103 Å². The number of hydrogen-bond donors (Lipinski definition) is 3. The lowest BCUT2D eigenvalue weighted by Crippen LogP contribution is -2.22. The number of aromatic nitrogens is 3. The van der Waals surface area contributed by atoms with Gasteiger partial charge in [-0.3, -0.25) is 0 Å². The lowest BCUT2D eigenvalue weighted by Gasteiger charge is -2.19. The second-order valence-corrected chi connectivity index (χ2v) is 7.68. The lowest BCUT2D eigenvalue weighted by atomic mass is 10.00. The van der Waals surface area contributed by atoms with Crippen LogP contribution in [0.4, 0.5) is 17.8 Å². The Labute approximate surface area is 166 Å². The molecule has 0 aliphatic carbocycles. The Morgan fingerprint density at radius 2 is 1.04 bits per heavy atom. The van der Waals surface area contributed by atoms with Crippen molar-refractivity contribution in [2.75, 3.05) is 16.8 Å². The fraction of sp³-hybridized carbons (Fsp3) is 0.857. The highest BCUT2D eigenvalue weighted by Gasteiger charge is 2.11. The molecule has 0 saturated carbocycles. The minimum Gasteiger partial charge on any atom is -0.368 e. The van der Waals surface area contributed by atoms with Gasteiger partial charge in [-0.25, -0.2) is 0 Å². The first kappa shape index (κ1) is 23.4. The van der Waals surface area contributed by atoms with E-state index in [1.165, 1.54) is 83.5 Å². The van der Waals surface area contributed by atoms with Gasteiger partial charge < -0.3 is 16.8 Å². The Hall–Kier alpha value is -1.59. The predicted octanol–water partition coefficient (Wildman–Crippen LogP) is 5.71. The van der Waals surface area contributed by atoms with Gasteiger partial charge in [-0.2, -0.15) is 15.0 Å². The molecule has 1 aromatic heterocycles. The van der Waals surface area contributed by atoms with Crippen LogP contribution in [-0.2, 0) is 0 Å². The maximum Gasteiger partial charge on any atom is 0.229 e. The summed E-state index contributed by atoms with van der Waals surface area (Å²) in [6.45, 7) is 4.52. The van der Waals surface area contributed by atoms with E-state index in [0.29, 0.717) is 12.0 Å². The second-order valence-electron chi connectivity index (χ2n) is 7.68. The summed E-state index contributed by atoms with van der Waals surface area (Å²) in [7, 11) is 0. The predicted molar refractivity (Wildman–Crippen MR) is 117 cm³/mol. The van der Waals surface area contributed by atoms with Crippen LogP contribution in [0.15, 0.2) is 0 Å². The first-order chi connectivity index (χ1) is 13.2. The molecule has 156 valence electrons. The van der Waals surface area contributed by atoms with Crippen LogP contribution in [0.3, 0.4) is 0 Å². The van der Waals surface area contributed by atoms with Crippen molar-refractivity contribution >= 4 is 17.8 Å². The highest BCUT2D eigenvalue weighted by molar-refractivity contribution is 5.37. The number of unbranched alkanes of at least 4 members (excludes halogenated alkanes) is 11. The summed E-state index contributed by atoms with van der Waals surface area (Å²) >= 11 is 0. The molecule has 1 unspecified atom stereocenters. The van der Waals surface area contributed by atoms with Crippen molar-refractivity contribution in [2.24, 2.45) is 0 Å². The molecule has 1 atom stereocenters. The smallest absolute Gasteiger partial charge is 0.229 e. The van der Waals surface area contributed by atoms with Gasteiger partial charge in [0.1, 0.15) is 0 Å². The van der Waals surface area contributed by atoms with Crippen LogP contribution in [0.1, 0.15) is 110 Å². The summed E-state index contributed by atoms with van der Waals surface area (Å²) in [6, 6.07) is 0.382. The van der Waals surface area contributed by atoms with Crippen LogP contribution in [0.2, 0.25) is 0 Å². The fourth-order valence-electron chi connectivity index (χ4n) is 3.46. The van der Waals surface area contributed by atoms with E-state index in [1.54, 1.807) is 0 Å². The summed E-state index contributed by atoms with van der Waals surface area (Å²) in [5, 5.41) is 3.45. The van der Waals surface area contributed by atoms with E-state index in [0.717, 1.165) is 12.8 Å². The van der Waals surface area contributed by atoms with Gasteiger partial charge in [0, 0.05) is 6.04 Å². The van der Waals surface area contributed by atoms with Gasteiger partial charge in [0.25, 0.3) is 0 Å². The molecule has 0 amide bonds. The minimum atomic E-state index is 0.180. The van der Waals surface area contributed by atoms with E-state index in [-0.39, 0.29) is 11.9 Å². The zero-order valence-electron chi connectivity index (χ0n) is 17.7. The van der Waals surface area contributed by atoms with Gasteiger partial charge in [-0.15, -0.1) is 0 Å². The Morgan fingerprint density at radius 1 is 0.630 bits per heavy atom. The minimum absolute atomic E-state index is 0.180. The molecule has 0 aliphatic rings. The average Bonchev–Trinajstić information content (AvgIpc) is 2.62. The monoisotopic (exact) mass is 378 g/mol. The normalized spacial score (nSPS) is 12.2. The van der Waals surface area contributed by atoms with E-state index in [2.05, 4.69) is 34.1 Å². The third-order valence-corrected chi connectivity index (χ3v) is 5.07. The van der Waals surface area contributed by atoms with Crippen LogP contribution in [0.5, 0.6) is 0 Å².